The standard InChI is InChI=1S/C17H26N2O4S/c1-14-8-4-5-10-16(14)23-13-12-18(2)17(20)15-9-6-7-11-19(15)24(3,21)22/h4-5,8,10,15H,6-7,9,11-13H2,1-3H3/t15-/m1/s1. The molecule has 0 saturated carbocycles. The number of hydrogen-bond acceptors (Lipinski definition) is 4. The lowest BCUT2D eigenvalue weighted by molar-refractivity contribution is -0.135. The van der Waals surface area contributed by atoms with Gasteiger partial charge in [-0.1, -0.05) is 24.6 Å². The quantitative estimate of drug-likeness (QED) is 0.779. The van der Waals surface area contributed by atoms with E-state index in [0.717, 1.165) is 24.2 Å². The van der Waals surface area contributed by atoms with Crippen molar-refractivity contribution in [3.05, 3.63) is 29.8 Å². The van der Waals surface area contributed by atoms with E-state index in [4.69, 9.17) is 4.74 Å². The second-order valence-corrected chi connectivity index (χ2v) is 8.19. The number of piperidine rings is 1. The molecular formula is C17H26N2O4S. The zero-order valence-electron chi connectivity index (χ0n) is 14.6. The molecular weight excluding hydrogens is 328 g/mol. The molecule has 1 fully saturated rings. The molecule has 0 aliphatic carbocycles. The largest absolute Gasteiger partial charge is 0.491 e. The van der Waals surface area contributed by atoms with Crippen molar-refractivity contribution in [1.29, 1.82) is 0 Å². The normalized spacial score (nSPS) is 19.0. The second-order valence-electron chi connectivity index (χ2n) is 6.26. The van der Waals surface area contributed by atoms with E-state index in [1.165, 1.54) is 10.6 Å². The number of nitrogens with zero attached hydrogens (tertiary/aromatic N) is 2. The van der Waals surface area contributed by atoms with Crippen LogP contribution in [0.15, 0.2) is 24.3 Å². The maximum absolute atomic E-state index is 12.6. The Balaban J connectivity index is 1.92. The Hall–Kier alpha value is -1.60. The molecule has 0 bridgehead atoms. The summed E-state index contributed by atoms with van der Waals surface area (Å²) in [5.74, 6) is 0.641. The van der Waals surface area contributed by atoms with Gasteiger partial charge in [-0.2, -0.15) is 4.31 Å². The van der Waals surface area contributed by atoms with Gasteiger partial charge in [-0.25, -0.2) is 8.42 Å². The Labute approximate surface area is 144 Å². The van der Waals surface area contributed by atoms with Gasteiger partial charge >= 0.3 is 0 Å². The van der Waals surface area contributed by atoms with Gasteiger partial charge in [0.15, 0.2) is 0 Å². The van der Waals surface area contributed by atoms with Crippen LogP contribution in [0.5, 0.6) is 5.75 Å². The highest BCUT2D eigenvalue weighted by molar-refractivity contribution is 7.88. The summed E-state index contributed by atoms with van der Waals surface area (Å²) in [6.07, 6.45) is 3.42. The third-order valence-electron chi connectivity index (χ3n) is 4.32. The molecule has 1 saturated heterocycles. The predicted molar refractivity (Wildman–Crippen MR) is 93.5 cm³/mol. The van der Waals surface area contributed by atoms with E-state index in [1.54, 1.807) is 11.9 Å². The van der Waals surface area contributed by atoms with Gasteiger partial charge in [0, 0.05) is 13.6 Å². The van der Waals surface area contributed by atoms with E-state index < -0.39 is 16.1 Å². The zero-order chi connectivity index (χ0) is 17.7. The highest BCUT2D eigenvalue weighted by atomic mass is 32.2. The van der Waals surface area contributed by atoms with Crippen LogP contribution in [0.3, 0.4) is 0 Å². The first-order chi connectivity index (χ1) is 11.3. The predicted octanol–water partition coefficient (Wildman–Crippen LogP) is 1.65. The zero-order valence-corrected chi connectivity index (χ0v) is 15.4. The number of rotatable bonds is 6. The van der Waals surface area contributed by atoms with Crippen molar-refractivity contribution in [2.45, 2.75) is 32.2 Å². The molecule has 6 nitrogen and oxygen atoms in total. The third kappa shape index (κ3) is 4.70. The van der Waals surface area contributed by atoms with Crippen LogP contribution in [0.2, 0.25) is 0 Å². The molecule has 1 amide bonds. The number of benzene rings is 1. The number of sulfonamides is 1. The summed E-state index contributed by atoms with van der Waals surface area (Å²) in [5.41, 5.74) is 1.04. The molecule has 0 aromatic heterocycles. The van der Waals surface area contributed by atoms with Crippen molar-refractivity contribution in [1.82, 2.24) is 9.21 Å². The van der Waals surface area contributed by atoms with Gasteiger partial charge in [0.25, 0.3) is 0 Å². The Kier molecular flexibility index (Phi) is 6.23. The van der Waals surface area contributed by atoms with Gasteiger partial charge in [0.05, 0.1) is 12.8 Å². The third-order valence-corrected chi connectivity index (χ3v) is 5.61. The summed E-state index contributed by atoms with van der Waals surface area (Å²) in [4.78, 5) is 14.2. The van der Waals surface area contributed by atoms with Crippen LogP contribution in [0.25, 0.3) is 0 Å². The number of carbonyl (C=O) groups is 1. The molecule has 0 N–H and O–H groups in total. The van der Waals surface area contributed by atoms with Crippen molar-refractivity contribution >= 4 is 15.9 Å². The fraction of sp³-hybridized carbons (Fsp3) is 0.588. The Morgan fingerprint density at radius 3 is 2.71 bits per heavy atom. The topological polar surface area (TPSA) is 66.9 Å². The number of carbonyl (C=O) groups excluding carboxylic acids is 1. The fourth-order valence-electron chi connectivity index (χ4n) is 2.92. The molecule has 7 heteroatoms. The highest BCUT2D eigenvalue weighted by Gasteiger charge is 2.35. The van der Waals surface area contributed by atoms with Crippen molar-refractivity contribution in [2.75, 3.05) is 33.0 Å². The Bertz CT molecular complexity index is 675. The molecule has 2 rings (SSSR count). The van der Waals surface area contributed by atoms with E-state index >= 15 is 0 Å². The summed E-state index contributed by atoms with van der Waals surface area (Å²) in [6, 6.07) is 7.13. The maximum Gasteiger partial charge on any atom is 0.240 e. The number of aryl methyl sites for hydroxylation is 1. The Morgan fingerprint density at radius 1 is 1.33 bits per heavy atom. The van der Waals surface area contributed by atoms with Crippen molar-refractivity contribution in [3.8, 4) is 5.75 Å². The highest BCUT2D eigenvalue weighted by Crippen LogP contribution is 2.21. The monoisotopic (exact) mass is 354 g/mol. The van der Waals surface area contributed by atoms with Crippen LogP contribution in [-0.2, 0) is 14.8 Å². The van der Waals surface area contributed by atoms with Crippen LogP contribution in [0, 0.1) is 6.92 Å². The maximum atomic E-state index is 12.6. The number of para-hydroxylation sites is 1. The lowest BCUT2D eigenvalue weighted by atomic mass is 10.0. The lowest BCUT2D eigenvalue weighted by Gasteiger charge is -2.34. The average molecular weight is 354 g/mol. The first-order valence-corrected chi connectivity index (χ1v) is 10.1. The van der Waals surface area contributed by atoms with Gasteiger partial charge in [-0.3, -0.25) is 4.79 Å². The SMILES string of the molecule is Cc1ccccc1OCCN(C)C(=O)[C@H]1CCCCN1S(C)(=O)=O. The minimum absolute atomic E-state index is 0.159. The van der Waals surface area contributed by atoms with E-state index in [9.17, 15) is 13.2 Å². The van der Waals surface area contributed by atoms with Crippen molar-refractivity contribution in [2.24, 2.45) is 0 Å². The van der Waals surface area contributed by atoms with E-state index in [1.807, 2.05) is 31.2 Å². The van der Waals surface area contributed by atoms with Gasteiger partial charge < -0.3 is 9.64 Å². The molecule has 0 spiro atoms. The average Bonchev–Trinajstić information content (AvgIpc) is 2.55. The molecule has 1 aromatic rings. The minimum atomic E-state index is -3.37. The van der Waals surface area contributed by atoms with Gasteiger partial charge in [0.1, 0.15) is 18.4 Å². The minimum Gasteiger partial charge on any atom is -0.491 e. The summed E-state index contributed by atoms with van der Waals surface area (Å²) < 4.78 is 30.8. The van der Waals surface area contributed by atoms with E-state index in [0.29, 0.717) is 26.1 Å². The fourth-order valence-corrected chi connectivity index (χ4v) is 4.04. The second kappa shape index (κ2) is 7.98. The van der Waals surface area contributed by atoms with Crippen LogP contribution in [-0.4, -0.2) is 62.6 Å². The molecule has 0 unspecified atom stereocenters. The first kappa shape index (κ1) is 18.7. The summed E-state index contributed by atoms with van der Waals surface area (Å²) in [6.45, 7) is 3.18. The van der Waals surface area contributed by atoms with Crippen molar-refractivity contribution < 1.29 is 17.9 Å². The first-order valence-electron chi connectivity index (χ1n) is 8.21. The number of hydrogen-bond donors (Lipinski definition) is 0. The smallest absolute Gasteiger partial charge is 0.240 e. The number of amides is 1. The number of ether oxygens (including phenoxy) is 1. The molecule has 1 atom stereocenters. The lowest BCUT2D eigenvalue weighted by Crippen LogP contribution is -2.52. The van der Waals surface area contributed by atoms with Gasteiger partial charge in [0.2, 0.25) is 15.9 Å². The molecule has 1 aliphatic rings. The Morgan fingerprint density at radius 2 is 2.04 bits per heavy atom. The van der Waals surface area contributed by atoms with E-state index in [-0.39, 0.29) is 5.91 Å². The summed E-state index contributed by atoms with van der Waals surface area (Å²) in [7, 11) is -1.68. The van der Waals surface area contributed by atoms with Crippen molar-refractivity contribution in [3.63, 3.8) is 0 Å². The summed E-state index contributed by atoms with van der Waals surface area (Å²) in [5, 5.41) is 0. The van der Waals surface area contributed by atoms with Gasteiger partial charge in [-0.05, 0) is 31.4 Å². The van der Waals surface area contributed by atoms with Crippen LogP contribution in [0.1, 0.15) is 24.8 Å². The molecule has 1 aromatic carbocycles. The molecule has 1 aliphatic heterocycles. The van der Waals surface area contributed by atoms with Crippen LogP contribution in [0.4, 0.5) is 0 Å². The molecule has 0 radical (unpaired) electrons. The van der Waals surface area contributed by atoms with E-state index in [2.05, 4.69) is 0 Å². The molecule has 1 heterocycles. The van der Waals surface area contributed by atoms with Gasteiger partial charge in [-0.15, -0.1) is 0 Å². The molecule has 24 heavy (non-hydrogen) atoms. The van der Waals surface area contributed by atoms with Crippen LogP contribution >= 0.6 is 0 Å². The number of likely N-dealkylation sites (N-methyl/N-ethyl adjacent to an activating group) is 1. The molecule has 134 valence electrons. The summed E-state index contributed by atoms with van der Waals surface area (Å²) >= 11 is 0. The van der Waals surface area contributed by atoms with Crippen LogP contribution < -0.4 is 4.74 Å².